The molecule has 1 atom stereocenters. The highest BCUT2D eigenvalue weighted by Gasteiger charge is 2.07. The van der Waals surface area contributed by atoms with Crippen molar-refractivity contribution in [2.75, 3.05) is 13.7 Å². The Morgan fingerprint density at radius 2 is 2.60 bits per heavy atom. The zero-order chi connectivity index (χ0) is 7.40. The third-order valence-corrected chi connectivity index (χ3v) is 2.32. The smallest absolute Gasteiger partial charge is 0.103 e. The summed E-state index contributed by atoms with van der Waals surface area (Å²) >= 11 is 1.68. The van der Waals surface area contributed by atoms with E-state index in [1.807, 2.05) is 17.5 Å². The van der Waals surface area contributed by atoms with Crippen LogP contribution in [0.15, 0.2) is 17.5 Å². The molecular weight excluding hydrogens is 146 g/mol. The predicted molar refractivity (Wildman–Crippen MR) is 43.1 cm³/mol. The van der Waals surface area contributed by atoms with Crippen LogP contribution in [0.1, 0.15) is 11.0 Å². The SMILES string of the molecule is COC(CN)c1cccs1. The van der Waals surface area contributed by atoms with Gasteiger partial charge in [-0.15, -0.1) is 11.3 Å². The number of hydrogen-bond donors (Lipinski definition) is 1. The minimum Gasteiger partial charge on any atom is -0.375 e. The van der Waals surface area contributed by atoms with Crippen molar-refractivity contribution in [1.82, 2.24) is 0 Å². The third-order valence-electron chi connectivity index (χ3n) is 1.36. The van der Waals surface area contributed by atoms with Crippen molar-refractivity contribution in [3.8, 4) is 0 Å². The van der Waals surface area contributed by atoms with Gasteiger partial charge in [-0.1, -0.05) is 6.07 Å². The van der Waals surface area contributed by atoms with Gasteiger partial charge in [0.05, 0.1) is 0 Å². The number of methoxy groups -OCH3 is 1. The van der Waals surface area contributed by atoms with E-state index in [-0.39, 0.29) is 6.10 Å². The summed E-state index contributed by atoms with van der Waals surface area (Å²) in [6.07, 6.45) is 0.0833. The fourth-order valence-corrected chi connectivity index (χ4v) is 1.62. The molecule has 0 aliphatic rings. The maximum atomic E-state index is 5.46. The molecule has 0 amide bonds. The third kappa shape index (κ3) is 1.56. The topological polar surface area (TPSA) is 35.2 Å². The fraction of sp³-hybridized carbons (Fsp3) is 0.429. The molecule has 0 bridgehead atoms. The molecule has 0 saturated heterocycles. The number of thiophene rings is 1. The zero-order valence-corrected chi connectivity index (χ0v) is 6.73. The van der Waals surface area contributed by atoms with E-state index in [0.717, 1.165) is 0 Å². The fourth-order valence-electron chi connectivity index (χ4n) is 0.803. The van der Waals surface area contributed by atoms with Crippen molar-refractivity contribution in [2.24, 2.45) is 5.73 Å². The van der Waals surface area contributed by atoms with E-state index in [0.29, 0.717) is 6.54 Å². The zero-order valence-electron chi connectivity index (χ0n) is 5.91. The minimum absolute atomic E-state index is 0.0833. The van der Waals surface area contributed by atoms with Gasteiger partial charge in [-0.2, -0.15) is 0 Å². The van der Waals surface area contributed by atoms with Gasteiger partial charge >= 0.3 is 0 Å². The quantitative estimate of drug-likeness (QED) is 0.719. The molecule has 10 heavy (non-hydrogen) atoms. The van der Waals surface area contributed by atoms with Crippen molar-refractivity contribution in [1.29, 1.82) is 0 Å². The van der Waals surface area contributed by atoms with Crippen LogP contribution in [-0.4, -0.2) is 13.7 Å². The van der Waals surface area contributed by atoms with E-state index in [1.54, 1.807) is 18.4 Å². The second-order valence-electron chi connectivity index (χ2n) is 1.98. The van der Waals surface area contributed by atoms with Gasteiger partial charge in [0, 0.05) is 18.5 Å². The molecule has 0 aromatic carbocycles. The average Bonchev–Trinajstić information content (AvgIpc) is 2.43. The van der Waals surface area contributed by atoms with Crippen molar-refractivity contribution < 1.29 is 4.74 Å². The second-order valence-corrected chi connectivity index (χ2v) is 2.95. The van der Waals surface area contributed by atoms with E-state index in [9.17, 15) is 0 Å². The van der Waals surface area contributed by atoms with Gasteiger partial charge in [-0.25, -0.2) is 0 Å². The largest absolute Gasteiger partial charge is 0.375 e. The van der Waals surface area contributed by atoms with Crippen LogP contribution in [0.2, 0.25) is 0 Å². The molecule has 0 radical (unpaired) electrons. The number of rotatable bonds is 3. The first kappa shape index (κ1) is 7.72. The van der Waals surface area contributed by atoms with Gasteiger partial charge in [-0.05, 0) is 11.4 Å². The molecule has 56 valence electrons. The number of hydrogen-bond acceptors (Lipinski definition) is 3. The summed E-state index contributed by atoms with van der Waals surface area (Å²) in [6, 6.07) is 4.04. The molecular formula is C7H11NOS. The molecule has 0 aliphatic carbocycles. The number of nitrogens with two attached hydrogens (primary N) is 1. The van der Waals surface area contributed by atoms with Crippen molar-refractivity contribution >= 4 is 11.3 Å². The second kappa shape index (κ2) is 3.71. The summed E-state index contributed by atoms with van der Waals surface area (Å²) in [7, 11) is 1.68. The van der Waals surface area contributed by atoms with Crippen molar-refractivity contribution in [2.45, 2.75) is 6.10 Å². The lowest BCUT2D eigenvalue weighted by Crippen LogP contribution is -2.12. The molecule has 0 spiro atoms. The molecule has 0 fully saturated rings. The summed E-state index contributed by atoms with van der Waals surface area (Å²) in [4.78, 5) is 1.20. The first-order chi connectivity index (χ1) is 4.88. The van der Waals surface area contributed by atoms with Gasteiger partial charge in [-0.3, -0.25) is 0 Å². The Labute approximate surface area is 64.6 Å². The summed E-state index contributed by atoms with van der Waals surface area (Å²) < 4.78 is 5.13. The first-order valence-electron chi connectivity index (χ1n) is 3.14. The average molecular weight is 157 g/mol. The monoisotopic (exact) mass is 157 g/mol. The lowest BCUT2D eigenvalue weighted by molar-refractivity contribution is 0.113. The lowest BCUT2D eigenvalue weighted by atomic mass is 10.3. The Balaban J connectivity index is 2.64. The summed E-state index contributed by atoms with van der Waals surface area (Å²) in [5, 5.41) is 2.02. The predicted octanol–water partition coefficient (Wildman–Crippen LogP) is 1.39. The van der Waals surface area contributed by atoms with Gasteiger partial charge < -0.3 is 10.5 Å². The Bertz CT molecular complexity index is 170. The maximum Gasteiger partial charge on any atom is 0.103 e. The van der Waals surface area contributed by atoms with E-state index >= 15 is 0 Å². The Morgan fingerprint density at radius 3 is 3.00 bits per heavy atom. The molecule has 0 saturated carbocycles. The molecule has 1 unspecified atom stereocenters. The maximum absolute atomic E-state index is 5.46. The van der Waals surface area contributed by atoms with Crippen LogP contribution in [-0.2, 0) is 4.74 Å². The van der Waals surface area contributed by atoms with Crippen LogP contribution in [0.3, 0.4) is 0 Å². The van der Waals surface area contributed by atoms with E-state index in [2.05, 4.69) is 0 Å². The highest BCUT2D eigenvalue weighted by Crippen LogP contribution is 2.19. The Kier molecular flexibility index (Phi) is 2.86. The van der Waals surface area contributed by atoms with E-state index in [4.69, 9.17) is 10.5 Å². The highest BCUT2D eigenvalue weighted by atomic mass is 32.1. The molecule has 1 aromatic rings. The Hall–Kier alpha value is -0.380. The first-order valence-corrected chi connectivity index (χ1v) is 4.02. The van der Waals surface area contributed by atoms with Crippen molar-refractivity contribution in [3.05, 3.63) is 22.4 Å². The molecule has 1 aromatic heterocycles. The lowest BCUT2D eigenvalue weighted by Gasteiger charge is -2.08. The highest BCUT2D eigenvalue weighted by molar-refractivity contribution is 7.10. The van der Waals surface area contributed by atoms with Gasteiger partial charge in [0.2, 0.25) is 0 Å². The van der Waals surface area contributed by atoms with Crippen LogP contribution in [0.25, 0.3) is 0 Å². The van der Waals surface area contributed by atoms with Gasteiger partial charge in [0.15, 0.2) is 0 Å². The molecule has 3 heteroatoms. The van der Waals surface area contributed by atoms with Crippen LogP contribution in [0.5, 0.6) is 0 Å². The van der Waals surface area contributed by atoms with Gasteiger partial charge in [0.1, 0.15) is 6.10 Å². The van der Waals surface area contributed by atoms with E-state index in [1.165, 1.54) is 4.88 Å². The van der Waals surface area contributed by atoms with E-state index < -0.39 is 0 Å². The van der Waals surface area contributed by atoms with Crippen LogP contribution < -0.4 is 5.73 Å². The normalized spacial score (nSPS) is 13.4. The van der Waals surface area contributed by atoms with Crippen LogP contribution in [0.4, 0.5) is 0 Å². The standard InChI is InChI=1S/C7H11NOS/c1-9-6(5-8)7-3-2-4-10-7/h2-4,6H,5,8H2,1H3. The molecule has 2 nitrogen and oxygen atoms in total. The van der Waals surface area contributed by atoms with Crippen LogP contribution >= 0.6 is 11.3 Å². The van der Waals surface area contributed by atoms with Crippen molar-refractivity contribution in [3.63, 3.8) is 0 Å². The molecule has 1 rings (SSSR count). The van der Waals surface area contributed by atoms with Gasteiger partial charge in [0.25, 0.3) is 0 Å². The minimum atomic E-state index is 0.0833. The molecule has 2 N–H and O–H groups in total. The molecule has 1 heterocycles. The number of ether oxygens (including phenoxy) is 1. The summed E-state index contributed by atoms with van der Waals surface area (Å²) in [6.45, 7) is 0.553. The Morgan fingerprint density at radius 1 is 1.80 bits per heavy atom. The molecule has 0 aliphatic heterocycles. The summed E-state index contributed by atoms with van der Waals surface area (Å²) in [5.41, 5.74) is 5.46. The summed E-state index contributed by atoms with van der Waals surface area (Å²) in [5.74, 6) is 0. The van der Waals surface area contributed by atoms with Crippen LogP contribution in [0, 0.1) is 0 Å².